The maximum Gasteiger partial charge on any atom is 0.320 e. The highest BCUT2D eigenvalue weighted by molar-refractivity contribution is 5.73. The molecule has 1 aliphatic rings. The van der Waals surface area contributed by atoms with Crippen molar-refractivity contribution in [2.45, 2.75) is 26.4 Å². The molecule has 5 nitrogen and oxygen atoms in total. The number of ether oxygens (including phenoxy) is 2. The maximum absolute atomic E-state index is 11.1. The van der Waals surface area contributed by atoms with Crippen LogP contribution in [0.3, 0.4) is 0 Å². The molecule has 0 aromatic heterocycles. The summed E-state index contributed by atoms with van der Waals surface area (Å²) in [5, 5.41) is 12.2. The van der Waals surface area contributed by atoms with E-state index in [1.54, 1.807) is 0 Å². The van der Waals surface area contributed by atoms with Crippen LogP contribution in [0, 0.1) is 5.92 Å². The minimum atomic E-state index is -0.826. The molecule has 0 bridgehead atoms. The van der Waals surface area contributed by atoms with Crippen LogP contribution in [0.1, 0.15) is 19.4 Å². The molecular weight excluding hydrogens is 246 g/mol. The normalized spacial score (nSPS) is 15.3. The zero-order chi connectivity index (χ0) is 13.8. The third-order valence-corrected chi connectivity index (χ3v) is 3.07. The van der Waals surface area contributed by atoms with Crippen LogP contribution in [0.4, 0.5) is 0 Å². The van der Waals surface area contributed by atoms with Crippen molar-refractivity contribution in [3.63, 3.8) is 0 Å². The molecule has 0 aliphatic carbocycles. The van der Waals surface area contributed by atoms with Gasteiger partial charge in [-0.05, 0) is 23.6 Å². The minimum absolute atomic E-state index is 0.0368. The Kier molecular flexibility index (Phi) is 4.27. The molecule has 5 heteroatoms. The summed E-state index contributed by atoms with van der Waals surface area (Å²) < 4.78 is 10.9. The summed E-state index contributed by atoms with van der Waals surface area (Å²) in [4.78, 5) is 11.1. The molecule has 2 N–H and O–H groups in total. The molecule has 0 saturated carbocycles. The summed E-state index contributed by atoms with van der Waals surface area (Å²) in [6, 6.07) is 5.12. The third kappa shape index (κ3) is 3.38. The second kappa shape index (κ2) is 5.93. The zero-order valence-electron chi connectivity index (χ0n) is 11.2. The fraction of sp³-hybridized carbons (Fsp3) is 0.500. The van der Waals surface area contributed by atoms with Crippen molar-refractivity contribution in [3.8, 4) is 11.5 Å². The first-order chi connectivity index (χ1) is 9.08. The highest BCUT2D eigenvalue weighted by Crippen LogP contribution is 2.30. The maximum atomic E-state index is 11.1. The Bertz CT molecular complexity index is 459. The second-order valence-corrected chi connectivity index (χ2v) is 4.92. The van der Waals surface area contributed by atoms with Crippen LogP contribution in [0.5, 0.6) is 11.5 Å². The largest absolute Gasteiger partial charge is 0.486 e. The van der Waals surface area contributed by atoms with E-state index < -0.39 is 12.0 Å². The summed E-state index contributed by atoms with van der Waals surface area (Å²) >= 11 is 0. The molecule has 0 unspecified atom stereocenters. The Hall–Kier alpha value is -1.75. The lowest BCUT2D eigenvalue weighted by Gasteiger charge is -2.20. The SMILES string of the molecule is CC(C)[C@H](NCc1ccc2c(c1)OCCO2)C(=O)O. The fourth-order valence-corrected chi connectivity index (χ4v) is 2.03. The Labute approximate surface area is 112 Å². The number of hydrogen-bond acceptors (Lipinski definition) is 4. The van der Waals surface area contributed by atoms with Crippen LogP contribution in [0.15, 0.2) is 18.2 Å². The van der Waals surface area contributed by atoms with Crippen molar-refractivity contribution in [2.24, 2.45) is 5.92 Å². The van der Waals surface area contributed by atoms with E-state index in [-0.39, 0.29) is 5.92 Å². The molecule has 1 atom stereocenters. The molecule has 1 aromatic rings. The molecule has 0 spiro atoms. The molecule has 2 rings (SSSR count). The summed E-state index contributed by atoms with van der Waals surface area (Å²) in [6.45, 7) is 5.38. The molecular formula is C14H19NO4. The Morgan fingerprint density at radius 2 is 2.00 bits per heavy atom. The van der Waals surface area contributed by atoms with Gasteiger partial charge in [-0.15, -0.1) is 0 Å². The average Bonchev–Trinajstić information content (AvgIpc) is 2.38. The number of carboxylic acid groups (broad SMARTS) is 1. The number of carboxylic acids is 1. The first-order valence-corrected chi connectivity index (χ1v) is 6.42. The predicted molar refractivity (Wildman–Crippen MR) is 70.5 cm³/mol. The number of hydrogen-bond donors (Lipinski definition) is 2. The molecule has 1 aromatic carbocycles. The standard InChI is InChI=1S/C14H19NO4/c1-9(2)13(14(16)17)15-8-10-3-4-11-12(7-10)19-6-5-18-11/h3-4,7,9,13,15H,5-6,8H2,1-2H3,(H,16,17)/t13-/m0/s1. The van der Waals surface area contributed by atoms with E-state index >= 15 is 0 Å². The molecule has 0 fully saturated rings. The summed E-state index contributed by atoms with van der Waals surface area (Å²) in [5.74, 6) is 0.679. The Morgan fingerprint density at radius 1 is 1.32 bits per heavy atom. The first kappa shape index (κ1) is 13.7. The fourth-order valence-electron chi connectivity index (χ4n) is 2.03. The van der Waals surface area contributed by atoms with Gasteiger partial charge in [0.2, 0.25) is 0 Å². The van der Waals surface area contributed by atoms with Crippen molar-refractivity contribution in [2.75, 3.05) is 13.2 Å². The molecule has 0 radical (unpaired) electrons. The zero-order valence-corrected chi connectivity index (χ0v) is 11.2. The van der Waals surface area contributed by atoms with E-state index in [1.807, 2.05) is 32.0 Å². The van der Waals surface area contributed by atoms with Crippen molar-refractivity contribution >= 4 is 5.97 Å². The van der Waals surface area contributed by atoms with Gasteiger partial charge in [0.05, 0.1) is 0 Å². The van der Waals surface area contributed by atoms with E-state index in [1.165, 1.54) is 0 Å². The average molecular weight is 265 g/mol. The van der Waals surface area contributed by atoms with Crippen LogP contribution in [0.2, 0.25) is 0 Å². The number of aliphatic carboxylic acids is 1. The van der Waals surface area contributed by atoms with Crippen molar-refractivity contribution < 1.29 is 19.4 Å². The predicted octanol–water partition coefficient (Wildman–Crippen LogP) is 1.66. The van der Waals surface area contributed by atoms with Gasteiger partial charge in [-0.25, -0.2) is 0 Å². The van der Waals surface area contributed by atoms with E-state index in [9.17, 15) is 4.79 Å². The van der Waals surface area contributed by atoms with Gasteiger partial charge in [-0.2, -0.15) is 0 Å². The number of fused-ring (bicyclic) bond motifs is 1. The highest BCUT2D eigenvalue weighted by Gasteiger charge is 2.20. The molecule has 1 aliphatic heterocycles. The molecule has 0 saturated heterocycles. The summed E-state index contributed by atoms with van der Waals surface area (Å²) in [6.07, 6.45) is 0. The molecule has 19 heavy (non-hydrogen) atoms. The molecule has 104 valence electrons. The van der Waals surface area contributed by atoms with Crippen molar-refractivity contribution in [1.29, 1.82) is 0 Å². The van der Waals surface area contributed by atoms with Crippen LogP contribution >= 0.6 is 0 Å². The smallest absolute Gasteiger partial charge is 0.320 e. The van der Waals surface area contributed by atoms with E-state index in [0.29, 0.717) is 19.8 Å². The van der Waals surface area contributed by atoms with Crippen LogP contribution in [-0.4, -0.2) is 30.3 Å². The number of carbonyl (C=O) groups is 1. The van der Waals surface area contributed by atoms with Gasteiger partial charge in [0.15, 0.2) is 11.5 Å². The quantitative estimate of drug-likeness (QED) is 0.847. The van der Waals surface area contributed by atoms with E-state index in [2.05, 4.69) is 5.32 Å². The topological polar surface area (TPSA) is 67.8 Å². The summed E-state index contributed by atoms with van der Waals surface area (Å²) in [5.41, 5.74) is 0.983. The van der Waals surface area contributed by atoms with Crippen LogP contribution < -0.4 is 14.8 Å². The van der Waals surface area contributed by atoms with Gasteiger partial charge < -0.3 is 19.9 Å². The third-order valence-electron chi connectivity index (χ3n) is 3.07. The van der Waals surface area contributed by atoms with Gasteiger partial charge in [0.1, 0.15) is 19.3 Å². The van der Waals surface area contributed by atoms with Crippen LogP contribution in [-0.2, 0) is 11.3 Å². The lowest BCUT2D eigenvalue weighted by Crippen LogP contribution is -2.40. The highest BCUT2D eigenvalue weighted by atomic mass is 16.6. The Balaban J connectivity index is 2.01. The summed E-state index contributed by atoms with van der Waals surface area (Å²) in [7, 11) is 0. The number of rotatable bonds is 5. The van der Waals surface area contributed by atoms with Gasteiger partial charge in [0.25, 0.3) is 0 Å². The van der Waals surface area contributed by atoms with E-state index in [0.717, 1.165) is 17.1 Å². The lowest BCUT2D eigenvalue weighted by atomic mass is 10.0. The van der Waals surface area contributed by atoms with Crippen LogP contribution in [0.25, 0.3) is 0 Å². The second-order valence-electron chi connectivity index (χ2n) is 4.92. The molecule has 1 heterocycles. The first-order valence-electron chi connectivity index (χ1n) is 6.42. The minimum Gasteiger partial charge on any atom is -0.486 e. The molecule has 0 amide bonds. The van der Waals surface area contributed by atoms with Crippen molar-refractivity contribution in [3.05, 3.63) is 23.8 Å². The number of nitrogens with one attached hydrogen (secondary N) is 1. The lowest BCUT2D eigenvalue weighted by molar-refractivity contribution is -0.140. The van der Waals surface area contributed by atoms with Crippen molar-refractivity contribution in [1.82, 2.24) is 5.32 Å². The van der Waals surface area contributed by atoms with Gasteiger partial charge in [0, 0.05) is 6.54 Å². The Morgan fingerprint density at radius 3 is 2.63 bits per heavy atom. The monoisotopic (exact) mass is 265 g/mol. The van der Waals surface area contributed by atoms with E-state index in [4.69, 9.17) is 14.6 Å². The number of benzene rings is 1. The van der Waals surface area contributed by atoms with Gasteiger partial charge in [-0.3, -0.25) is 4.79 Å². The van der Waals surface area contributed by atoms with Gasteiger partial charge in [-0.1, -0.05) is 19.9 Å². The van der Waals surface area contributed by atoms with Gasteiger partial charge >= 0.3 is 5.97 Å².